The summed E-state index contributed by atoms with van der Waals surface area (Å²) in [6, 6.07) is 0.575. The molecule has 144 valence electrons. The molecule has 4 N–H and O–H groups in total. The number of hydrogen-bond acceptors (Lipinski definition) is 7. The van der Waals surface area contributed by atoms with Crippen molar-refractivity contribution in [3.8, 4) is 10.6 Å². The fourth-order valence-electron chi connectivity index (χ4n) is 3.17. The molecule has 27 heavy (non-hydrogen) atoms. The summed E-state index contributed by atoms with van der Waals surface area (Å²) in [5.74, 6) is -1.20. The quantitative estimate of drug-likeness (QED) is 0.727. The zero-order valence-corrected chi connectivity index (χ0v) is 14.8. The third-order valence-corrected chi connectivity index (χ3v) is 5.41. The highest BCUT2D eigenvalue weighted by Crippen LogP contribution is 2.36. The molecule has 4 heterocycles. The number of carbonyl (C=O) groups excluding carboxylic acids is 1. The Bertz CT molecular complexity index is 891. The Morgan fingerprint density at radius 3 is 2.96 bits per heavy atom. The van der Waals surface area contributed by atoms with Gasteiger partial charge in [0, 0.05) is 30.8 Å². The molecule has 4 rings (SSSR count). The number of carbonyl (C=O) groups is 1. The maximum absolute atomic E-state index is 14.9. The van der Waals surface area contributed by atoms with Gasteiger partial charge in [0.2, 0.25) is 0 Å². The molecule has 0 unspecified atom stereocenters. The molecule has 0 saturated carbocycles. The van der Waals surface area contributed by atoms with Crippen molar-refractivity contribution < 1.29 is 22.7 Å². The number of pyridine rings is 1. The summed E-state index contributed by atoms with van der Waals surface area (Å²) < 4.78 is 49.7. The standard InChI is InChI=1S/C16H16F3N5O2S/c17-12-6-4-21-16(25)11(6)13(10-3-9(14(18)19)24-27-10)23-15(12)22-8-1-2-26-5-7(8)20/h3,7-8,14H,1-2,4-5,20H2,(H,21,25)(H,22,23)/t7-,8+/m0/s1. The molecule has 2 aliphatic heterocycles. The van der Waals surface area contributed by atoms with Crippen LogP contribution in [0.15, 0.2) is 6.07 Å². The van der Waals surface area contributed by atoms with E-state index in [0.29, 0.717) is 19.6 Å². The van der Waals surface area contributed by atoms with E-state index in [1.54, 1.807) is 0 Å². The normalized spacial score (nSPS) is 22.0. The molecule has 0 aliphatic carbocycles. The molecule has 2 atom stereocenters. The highest BCUT2D eigenvalue weighted by molar-refractivity contribution is 7.09. The molecular formula is C16H16F3N5O2S. The minimum atomic E-state index is -2.74. The highest BCUT2D eigenvalue weighted by atomic mass is 32.1. The molecular weight excluding hydrogens is 383 g/mol. The van der Waals surface area contributed by atoms with Crippen LogP contribution in [0.2, 0.25) is 0 Å². The third kappa shape index (κ3) is 3.26. The first-order valence-electron chi connectivity index (χ1n) is 8.31. The van der Waals surface area contributed by atoms with Gasteiger partial charge in [0.1, 0.15) is 5.69 Å². The van der Waals surface area contributed by atoms with E-state index in [1.807, 2.05) is 0 Å². The van der Waals surface area contributed by atoms with Crippen molar-refractivity contribution >= 4 is 23.3 Å². The lowest BCUT2D eigenvalue weighted by molar-refractivity contribution is 0.0751. The number of halogens is 3. The van der Waals surface area contributed by atoms with Crippen LogP contribution in [0.25, 0.3) is 10.6 Å². The maximum atomic E-state index is 14.9. The molecule has 0 spiro atoms. The first-order chi connectivity index (χ1) is 13.0. The molecule has 1 amide bonds. The van der Waals surface area contributed by atoms with Crippen molar-refractivity contribution in [2.24, 2.45) is 5.73 Å². The number of ether oxygens (including phenoxy) is 1. The van der Waals surface area contributed by atoms with Gasteiger partial charge in [0.05, 0.1) is 22.7 Å². The van der Waals surface area contributed by atoms with Gasteiger partial charge in [-0.15, -0.1) is 0 Å². The van der Waals surface area contributed by atoms with Gasteiger partial charge in [0.15, 0.2) is 11.6 Å². The van der Waals surface area contributed by atoms with E-state index in [0.717, 1.165) is 11.5 Å². The number of hydrogen-bond donors (Lipinski definition) is 3. The lowest BCUT2D eigenvalue weighted by Gasteiger charge is -2.30. The van der Waals surface area contributed by atoms with Crippen molar-refractivity contribution in [1.82, 2.24) is 14.7 Å². The number of nitrogens with zero attached hydrogens (tertiary/aromatic N) is 2. The van der Waals surface area contributed by atoms with Crippen LogP contribution < -0.4 is 16.4 Å². The maximum Gasteiger partial charge on any atom is 0.281 e. The summed E-state index contributed by atoms with van der Waals surface area (Å²) in [6.07, 6.45) is -2.17. The predicted molar refractivity (Wildman–Crippen MR) is 92.3 cm³/mol. The number of nitrogens with two attached hydrogens (primary N) is 1. The van der Waals surface area contributed by atoms with Gasteiger partial charge in [0.25, 0.3) is 12.3 Å². The van der Waals surface area contributed by atoms with Crippen LogP contribution in [0.5, 0.6) is 0 Å². The van der Waals surface area contributed by atoms with Crippen molar-refractivity contribution in [2.45, 2.75) is 31.5 Å². The van der Waals surface area contributed by atoms with Gasteiger partial charge >= 0.3 is 0 Å². The topological polar surface area (TPSA) is 102 Å². The fraction of sp³-hybridized carbons (Fsp3) is 0.438. The average Bonchev–Trinajstić information content (AvgIpc) is 3.27. The third-order valence-electron chi connectivity index (χ3n) is 4.60. The fourth-order valence-corrected chi connectivity index (χ4v) is 3.92. The van der Waals surface area contributed by atoms with E-state index in [1.165, 1.54) is 6.07 Å². The molecule has 0 bridgehead atoms. The Hall–Kier alpha value is -2.24. The van der Waals surface area contributed by atoms with Crippen LogP contribution in [-0.4, -0.2) is 40.6 Å². The Morgan fingerprint density at radius 1 is 1.44 bits per heavy atom. The van der Waals surface area contributed by atoms with Crippen molar-refractivity contribution in [3.05, 3.63) is 28.7 Å². The van der Waals surface area contributed by atoms with Crippen LogP contribution in [0.1, 0.15) is 34.5 Å². The number of anilines is 1. The zero-order valence-electron chi connectivity index (χ0n) is 14.0. The molecule has 1 fully saturated rings. The zero-order chi connectivity index (χ0) is 19.1. The lowest BCUT2D eigenvalue weighted by Crippen LogP contribution is -2.48. The van der Waals surface area contributed by atoms with E-state index in [9.17, 15) is 18.0 Å². The molecule has 2 aromatic heterocycles. The Morgan fingerprint density at radius 2 is 2.26 bits per heavy atom. The Labute approximate surface area is 156 Å². The molecule has 2 aromatic rings. The second-order valence-electron chi connectivity index (χ2n) is 6.35. The van der Waals surface area contributed by atoms with Crippen molar-refractivity contribution in [2.75, 3.05) is 18.5 Å². The first-order valence-corrected chi connectivity index (χ1v) is 9.08. The number of amides is 1. The molecule has 0 aromatic carbocycles. The van der Waals surface area contributed by atoms with Gasteiger partial charge in [-0.05, 0) is 24.0 Å². The van der Waals surface area contributed by atoms with E-state index < -0.39 is 23.8 Å². The monoisotopic (exact) mass is 399 g/mol. The SMILES string of the molecule is N[C@H]1COCC[C@H]1Nc1nc(-c2cc(C(F)F)ns2)c2c(c1F)CNC2=O. The molecule has 0 radical (unpaired) electrons. The number of fused-ring (bicyclic) bond motifs is 1. The number of rotatable bonds is 4. The van der Waals surface area contributed by atoms with E-state index >= 15 is 0 Å². The van der Waals surface area contributed by atoms with Crippen LogP contribution >= 0.6 is 11.5 Å². The summed E-state index contributed by atoms with van der Waals surface area (Å²) in [5.41, 5.74) is 5.93. The summed E-state index contributed by atoms with van der Waals surface area (Å²) in [4.78, 5) is 16.7. The van der Waals surface area contributed by atoms with E-state index in [-0.39, 0.29) is 46.1 Å². The molecule has 2 aliphatic rings. The highest BCUT2D eigenvalue weighted by Gasteiger charge is 2.33. The second kappa shape index (κ2) is 7.06. The van der Waals surface area contributed by atoms with Gasteiger partial charge < -0.3 is 21.1 Å². The lowest BCUT2D eigenvalue weighted by atomic mass is 10.0. The Balaban J connectivity index is 1.78. The molecule has 7 nitrogen and oxygen atoms in total. The van der Waals surface area contributed by atoms with E-state index in [4.69, 9.17) is 10.5 Å². The summed E-state index contributed by atoms with van der Waals surface area (Å²) in [5, 5.41) is 5.54. The van der Waals surface area contributed by atoms with Crippen LogP contribution in [0.4, 0.5) is 19.0 Å². The number of nitrogens with one attached hydrogen (secondary N) is 2. The van der Waals surface area contributed by atoms with Crippen LogP contribution in [0.3, 0.4) is 0 Å². The van der Waals surface area contributed by atoms with Crippen molar-refractivity contribution in [1.29, 1.82) is 0 Å². The molecule has 11 heteroatoms. The average molecular weight is 399 g/mol. The van der Waals surface area contributed by atoms with Gasteiger partial charge in [-0.2, -0.15) is 4.37 Å². The van der Waals surface area contributed by atoms with Crippen molar-refractivity contribution in [3.63, 3.8) is 0 Å². The first kappa shape index (κ1) is 18.1. The Kier molecular flexibility index (Phi) is 4.74. The minimum absolute atomic E-state index is 0.00450. The van der Waals surface area contributed by atoms with Gasteiger partial charge in [-0.3, -0.25) is 4.79 Å². The molecule has 1 saturated heterocycles. The van der Waals surface area contributed by atoms with Gasteiger partial charge in [-0.1, -0.05) is 0 Å². The summed E-state index contributed by atoms with van der Waals surface area (Å²) in [7, 11) is 0. The summed E-state index contributed by atoms with van der Waals surface area (Å²) in [6.45, 7) is 0.825. The number of alkyl halides is 2. The van der Waals surface area contributed by atoms with Gasteiger partial charge in [-0.25, -0.2) is 18.2 Å². The second-order valence-corrected chi connectivity index (χ2v) is 7.16. The minimum Gasteiger partial charge on any atom is -0.380 e. The predicted octanol–water partition coefficient (Wildman–Crippen LogP) is 2.05. The van der Waals surface area contributed by atoms with Crippen LogP contribution in [-0.2, 0) is 11.3 Å². The summed E-state index contributed by atoms with van der Waals surface area (Å²) >= 11 is 0.793. The van der Waals surface area contributed by atoms with E-state index in [2.05, 4.69) is 20.0 Å². The smallest absolute Gasteiger partial charge is 0.281 e. The van der Waals surface area contributed by atoms with Crippen LogP contribution in [0, 0.1) is 5.82 Å². The largest absolute Gasteiger partial charge is 0.380 e. The number of aromatic nitrogens is 2.